The van der Waals surface area contributed by atoms with Gasteiger partial charge in [-0.25, -0.2) is 9.37 Å². The van der Waals surface area contributed by atoms with Crippen LogP contribution in [-0.2, 0) is 34.6 Å². The molecule has 8 heteroatoms. The van der Waals surface area contributed by atoms with Gasteiger partial charge in [0.25, 0.3) is 5.56 Å². The first-order valence-electron chi connectivity index (χ1n) is 12.1. The second-order valence-corrected chi connectivity index (χ2v) is 9.95. The molecule has 1 aromatic carbocycles. The molecular weight excluding hydrogens is 449 g/mol. The molecule has 2 aromatic heterocycles. The molecule has 3 aromatic rings. The van der Waals surface area contributed by atoms with Crippen molar-refractivity contribution in [3.63, 3.8) is 0 Å². The van der Waals surface area contributed by atoms with Crippen molar-refractivity contribution in [2.45, 2.75) is 71.1 Å². The van der Waals surface area contributed by atoms with Crippen LogP contribution in [0.5, 0.6) is 0 Å². The average Bonchev–Trinajstić information content (AvgIpc) is 3.19. The fourth-order valence-corrected chi connectivity index (χ4v) is 6.33. The molecule has 2 N–H and O–H groups in total. The van der Waals surface area contributed by atoms with Gasteiger partial charge in [0.2, 0.25) is 5.91 Å². The number of aliphatic hydroxyl groups is 1. The Morgan fingerprint density at radius 2 is 2.00 bits per heavy atom. The molecule has 0 bridgehead atoms. The van der Waals surface area contributed by atoms with Crippen LogP contribution in [0.3, 0.4) is 0 Å². The van der Waals surface area contributed by atoms with Crippen LogP contribution in [0, 0.1) is 12.7 Å². The molecule has 2 atom stereocenters. The van der Waals surface area contributed by atoms with E-state index in [9.17, 15) is 23.9 Å². The van der Waals surface area contributed by atoms with Crippen LogP contribution >= 0.6 is 0 Å². The smallest absolute Gasteiger partial charge is 0.254 e. The summed E-state index contributed by atoms with van der Waals surface area (Å²) in [5, 5.41) is 15.1. The summed E-state index contributed by atoms with van der Waals surface area (Å²) in [7, 11) is 0. The highest BCUT2D eigenvalue weighted by molar-refractivity contribution is 5.94. The lowest BCUT2D eigenvalue weighted by atomic mass is 9.77. The Bertz CT molecular complexity index is 1560. The van der Waals surface area contributed by atoms with Gasteiger partial charge >= 0.3 is 0 Å². The van der Waals surface area contributed by atoms with Crippen molar-refractivity contribution in [3.05, 3.63) is 61.7 Å². The number of nitrogens with one attached hydrogen (secondary N) is 1. The minimum Gasteiger partial charge on any atom is -0.377 e. The second kappa shape index (κ2) is 7.31. The van der Waals surface area contributed by atoms with Crippen molar-refractivity contribution >= 4 is 22.6 Å². The summed E-state index contributed by atoms with van der Waals surface area (Å²) in [5.41, 5.74) is 3.58. The van der Waals surface area contributed by atoms with E-state index >= 15 is 0 Å². The van der Waals surface area contributed by atoms with Gasteiger partial charge in [-0.2, -0.15) is 0 Å². The van der Waals surface area contributed by atoms with Crippen LogP contribution < -0.4 is 10.9 Å². The first-order chi connectivity index (χ1) is 16.7. The number of Topliss-reactive ketones (excluding diaryl/α,β-unsaturated/α-hetero) is 1. The standard InChI is InChI=1S/C27H26FN3O4/c1-4-27(35)17-9-21-25-16(11-31(21)26(34)15(17)6-8-22(27)33)24-19(29-13(3)32)7-5-14-12(2)18(28)10-20(30-25)23(14)24/h9-10,19,35H,4-8,11H2,1-3H3,(H,29,32)/t19?,27-/m0/s1. The number of aryl methyl sites for hydroxylation is 1. The predicted octanol–water partition coefficient (Wildman–Crippen LogP) is 3.11. The van der Waals surface area contributed by atoms with Gasteiger partial charge in [0.15, 0.2) is 5.78 Å². The van der Waals surface area contributed by atoms with Crippen molar-refractivity contribution in [3.8, 4) is 11.4 Å². The lowest BCUT2D eigenvalue weighted by Crippen LogP contribution is -2.43. The van der Waals surface area contributed by atoms with Gasteiger partial charge in [-0.15, -0.1) is 0 Å². The number of benzene rings is 1. The molecule has 1 aliphatic heterocycles. The van der Waals surface area contributed by atoms with Crippen LogP contribution in [0.25, 0.3) is 22.3 Å². The molecule has 1 unspecified atom stereocenters. The van der Waals surface area contributed by atoms with E-state index in [0.717, 1.165) is 22.1 Å². The van der Waals surface area contributed by atoms with Gasteiger partial charge < -0.3 is 15.0 Å². The Labute approximate surface area is 201 Å². The van der Waals surface area contributed by atoms with Crippen molar-refractivity contribution in [1.82, 2.24) is 14.9 Å². The van der Waals surface area contributed by atoms with E-state index in [4.69, 9.17) is 4.98 Å². The van der Waals surface area contributed by atoms with Crippen LogP contribution in [0.1, 0.15) is 72.5 Å². The highest BCUT2D eigenvalue weighted by Crippen LogP contribution is 2.46. The predicted molar refractivity (Wildman–Crippen MR) is 128 cm³/mol. The number of pyridine rings is 2. The number of aromatic nitrogens is 2. The largest absolute Gasteiger partial charge is 0.377 e. The lowest BCUT2D eigenvalue weighted by molar-refractivity contribution is -0.140. The number of ketones is 1. The monoisotopic (exact) mass is 475 g/mol. The molecule has 0 saturated heterocycles. The summed E-state index contributed by atoms with van der Waals surface area (Å²) >= 11 is 0. The van der Waals surface area contributed by atoms with Crippen molar-refractivity contribution in [2.75, 3.05) is 0 Å². The van der Waals surface area contributed by atoms with Gasteiger partial charge in [-0.1, -0.05) is 6.92 Å². The minimum atomic E-state index is -1.70. The zero-order chi connectivity index (χ0) is 24.8. The fraction of sp³-hybridized carbons (Fsp3) is 0.407. The molecule has 0 saturated carbocycles. The molecular formula is C27H26FN3O4. The number of fused-ring (bicyclic) bond motifs is 5. The molecule has 35 heavy (non-hydrogen) atoms. The Kier molecular flexibility index (Phi) is 4.61. The highest BCUT2D eigenvalue weighted by Gasteiger charge is 2.43. The summed E-state index contributed by atoms with van der Waals surface area (Å²) in [5.74, 6) is -0.786. The number of hydrogen-bond acceptors (Lipinski definition) is 5. The Morgan fingerprint density at radius 1 is 1.23 bits per heavy atom. The summed E-state index contributed by atoms with van der Waals surface area (Å²) in [4.78, 5) is 43.1. The molecule has 0 radical (unpaired) electrons. The second-order valence-electron chi connectivity index (χ2n) is 9.95. The molecule has 2 aliphatic carbocycles. The van der Waals surface area contributed by atoms with Crippen LogP contribution in [-0.4, -0.2) is 26.3 Å². The maximum absolute atomic E-state index is 14.9. The number of carbonyl (C=O) groups is 2. The third kappa shape index (κ3) is 2.86. The van der Waals surface area contributed by atoms with Gasteiger partial charge in [0.1, 0.15) is 11.4 Å². The highest BCUT2D eigenvalue weighted by atomic mass is 19.1. The molecule has 3 aliphatic rings. The van der Waals surface area contributed by atoms with Crippen LogP contribution in [0.2, 0.25) is 0 Å². The van der Waals surface area contributed by atoms with Gasteiger partial charge in [0.05, 0.1) is 29.5 Å². The van der Waals surface area contributed by atoms with E-state index in [-0.39, 0.29) is 54.9 Å². The van der Waals surface area contributed by atoms with E-state index in [1.807, 2.05) is 0 Å². The SMILES string of the molecule is CC[C@@]1(O)C(=O)CCc2c1cc1n(c2=O)Cc2c-1nc1cc(F)c(C)c3c1c2C(NC(C)=O)CC3. The molecule has 3 heterocycles. The maximum atomic E-state index is 14.9. The fourth-order valence-electron chi connectivity index (χ4n) is 6.33. The molecule has 7 nitrogen and oxygen atoms in total. The number of rotatable bonds is 2. The first-order valence-corrected chi connectivity index (χ1v) is 12.1. The average molecular weight is 476 g/mol. The topological polar surface area (TPSA) is 101 Å². The summed E-state index contributed by atoms with van der Waals surface area (Å²) in [6.07, 6.45) is 1.82. The third-order valence-corrected chi connectivity index (χ3v) is 8.13. The van der Waals surface area contributed by atoms with Gasteiger partial charge in [-0.3, -0.25) is 14.4 Å². The van der Waals surface area contributed by atoms with Gasteiger partial charge in [0, 0.05) is 41.5 Å². The van der Waals surface area contributed by atoms with Crippen molar-refractivity contribution in [2.24, 2.45) is 0 Å². The molecule has 6 rings (SSSR count). The van der Waals surface area contributed by atoms with Crippen molar-refractivity contribution in [1.29, 1.82) is 0 Å². The number of halogens is 1. The van der Waals surface area contributed by atoms with Gasteiger partial charge in [-0.05, 0) is 55.4 Å². The van der Waals surface area contributed by atoms with E-state index in [2.05, 4.69) is 5.32 Å². The van der Waals surface area contributed by atoms with E-state index in [1.54, 1.807) is 24.5 Å². The molecule has 0 fully saturated rings. The Balaban J connectivity index is 1.68. The van der Waals surface area contributed by atoms with E-state index in [0.29, 0.717) is 46.4 Å². The Morgan fingerprint density at radius 3 is 2.71 bits per heavy atom. The van der Waals surface area contributed by atoms with E-state index < -0.39 is 5.60 Å². The molecule has 180 valence electrons. The molecule has 0 spiro atoms. The Hall–Kier alpha value is -3.39. The zero-order valence-corrected chi connectivity index (χ0v) is 19.9. The van der Waals surface area contributed by atoms with Crippen molar-refractivity contribution < 1.29 is 19.1 Å². The number of carbonyl (C=O) groups excluding carboxylic acids is 2. The first kappa shape index (κ1) is 22.1. The summed E-state index contributed by atoms with van der Waals surface area (Å²) in [6.45, 7) is 5.24. The van der Waals surface area contributed by atoms with Crippen LogP contribution in [0.15, 0.2) is 16.9 Å². The summed E-state index contributed by atoms with van der Waals surface area (Å²) < 4.78 is 16.5. The number of amides is 1. The lowest BCUT2D eigenvalue weighted by Gasteiger charge is -2.32. The zero-order valence-electron chi connectivity index (χ0n) is 19.9. The van der Waals surface area contributed by atoms with Crippen LogP contribution in [0.4, 0.5) is 4.39 Å². The maximum Gasteiger partial charge on any atom is 0.254 e. The number of hydrogen-bond donors (Lipinski definition) is 2. The summed E-state index contributed by atoms with van der Waals surface area (Å²) in [6, 6.07) is 2.85. The number of nitrogens with zero attached hydrogens (tertiary/aromatic N) is 2. The minimum absolute atomic E-state index is 0.124. The quantitative estimate of drug-likeness (QED) is 0.464. The van der Waals surface area contributed by atoms with E-state index in [1.165, 1.54) is 13.0 Å². The normalized spacial score (nSPS) is 22.1. The third-order valence-electron chi connectivity index (χ3n) is 8.13. The molecule has 1 amide bonds.